The molecule has 2 aromatic rings. The summed E-state index contributed by atoms with van der Waals surface area (Å²) < 4.78 is 12.5. The minimum Gasteiger partial charge on any atom is -0.507 e. The number of phenols is 1. The van der Waals surface area contributed by atoms with Gasteiger partial charge in [-0.25, -0.2) is 0 Å². The average Bonchev–Trinajstić information content (AvgIpc) is 2.53. The Kier molecular flexibility index (Phi) is 5.13. The fourth-order valence-electron chi connectivity index (χ4n) is 2.70. The summed E-state index contributed by atoms with van der Waals surface area (Å²) in [6, 6.07) is 10.8. The van der Waals surface area contributed by atoms with Crippen LogP contribution in [0.25, 0.3) is 0 Å². The number of ketones is 1. The van der Waals surface area contributed by atoms with Crippen LogP contribution in [-0.2, 0) is 0 Å². The molecule has 0 saturated heterocycles. The predicted molar refractivity (Wildman–Crippen MR) is 99.5 cm³/mol. The Hall–Kier alpha value is -2.27. The van der Waals surface area contributed by atoms with Crippen LogP contribution in [0.3, 0.4) is 0 Å². The minimum atomic E-state index is -0.384. The Bertz CT molecular complexity index is 838. The van der Waals surface area contributed by atoms with E-state index in [-0.39, 0.29) is 29.6 Å². The molecule has 5 heteroatoms. The van der Waals surface area contributed by atoms with E-state index in [1.165, 1.54) is 6.07 Å². The quantitative estimate of drug-likeness (QED) is 0.713. The number of allylic oxidation sites excluding steroid dienone is 1. The zero-order valence-electron chi connectivity index (χ0n) is 14.1. The van der Waals surface area contributed by atoms with Crippen molar-refractivity contribution < 1.29 is 19.4 Å². The molecule has 0 fully saturated rings. The van der Waals surface area contributed by atoms with E-state index >= 15 is 0 Å². The molecule has 0 amide bonds. The molecule has 0 radical (unpaired) electrons. The molecular formula is C20H19BrO4. The lowest BCUT2D eigenvalue weighted by Crippen LogP contribution is -2.20. The molecule has 1 aliphatic heterocycles. The summed E-state index contributed by atoms with van der Waals surface area (Å²) in [6.45, 7) is 4.36. The number of fused-ring (bicyclic) bond motifs is 1. The fourth-order valence-corrected chi connectivity index (χ4v) is 3.11. The van der Waals surface area contributed by atoms with E-state index in [4.69, 9.17) is 9.47 Å². The normalized spacial score (nSPS) is 16.0. The van der Waals surface area contributed by atoms with Crippen LogP contribution >= 0.6 is 15.9 Å². The number of rotatable bonds is 4. The Balaban J connectivity index is 1.89. The first-order valence-corrected chi connectivity index (χ1v) is 8.82. The molecule has 0 spiro atoms. The lowest BCUT2D eigenvalue weighted by molar-refractivity contribution is 0.0844. The first-order chi connectivity index (χ1) is 11.9. The van der Waals surface area contributed by atoms with Crippen LogP contribution in [-0.4, -0.2) is 17.5 Å². The molecule has 3 rings (SSSR count). The SMILES string of the molecule is CC(C)=CCOc1cc(O)c2c(c1)OC(c1cccc(Br)c1)CC2=O. The molecular weight excluding hydrogens is 384 g/mol. The Morgan fingerprint density at radius 2 is 2.16 bits per heavy atom. The van der Waals surface area contributed by atoms with Crippen molar-refractivity contribution in [3.63, 3.8) is 0 Å². The average molecular weight is 403 g/mol. The van der Waals surface area contributed by atoms with Gasteiger partial charge in [-0.3, -0.25) is 4.79 Å². The number of benzene rings is 2. The lowest BCUT2D eigenvalue weighted by Gasteiger charge is -2.26. The van der Waals surface area contributed by atoms with Crippen molar-refractivity contribution in [1.29, 1.82) is 0 Å². The highest BCUT2D eigenvalue weighted by atomic mass is 79.9. The summed E-state index contributed by atoms with van der Waals surface area (Å²) in [4.78, 5) is 12.5. The van der Waals surface area contributed by atoms with Gasteiger partial charge in [0.25, 0.3) is 0 Å². The zero-order valence-corrected chi connectivity index (χ0v) is 15.7. The number of carbonyl (C=O) groups is 1. The maximum Gasteiger partial charge on any atom is 0.174 e. The van der Waals surface area contributed by atoms with Gasteiger partial charge in [-0.05, 0) is 37.6 Å². The third kappa shape index (κ3) is 4.04. The molecule has 2 aromatic carbocycles. The van der Waals surface area contributed by atoms with Gasteiger partial charge in [0.15, 0.2) is 5.78 Å². The van der Waals surface area contributed by atoms with Gasteiger partial charge in [-0.2, -0.15) is 0 Å². The third-order valence-corrected chi connectivity index (χ3v) is 4.43. The van der Waals surface area contributed by atoms with Gasteiger partial charge in [-0.15, -0.1) is 0 Å². The standard InChI is InChI=1S/C20H19BrO4/c1-12(2)6-7-24-15-9-16(22)20-17(23)11-18(25-19(20)10-15)13-4-3-5-14(21)8-13/h3-6,8-10,18,22H,7,11H2,1-2H3. The highest BCUT2D eigenvalue weighted by Gasteiger charge is 2.31. The van der Waals surface area contributed by atoms with Gasteiger partial charge >= 0.3 is 0 Å². The van der Waals surface area contributed by atoms with Crippen LogP contribution in [0.1, 0.15) is 42.3 Å². The monoisotopic (exact) mass is 402 g/mol. The molecule has 1 aliphatic rings. The number of carbonyl (C=O) groups excluding carboxylic acids is 1. The molecule has 0 aliphatic carbocycles. The zero-order chi connectivity index (χ0) is 18.0. The Morgan fingerprint density at radius 1 is 1.36 bits per heavy atom. The van der Waals surface area contributed by atoms with Crippen LogP contribution in [0.15, 0.2) is 52.5 Å². The van der Waals surface area contributed by atoms with E-state index in [0.29, 0.717) is 18.1 Å². The van der Waals surface area contributed by atoms with Crippen molar-refractivity contribution in [2.24, 2.45) is 0 Å². The number of aromatic hydroxyl groups is 1. The number of Topliss-reactive ketones (excluding diaryl/α,β-unsaturated/α-hetero) is 1. The van der Waals surface area contributed by atoms with Gasteiger partial charge in [0, 0.05) is 16.6 Å². The van der Waals surface area contributed by atoms with E-state index in [1.807, 2.05) is 44.2 Å². The second-order valence-corrected chi connectivity index (χ2v) is 7.11. The summed E-state index contributed by atoms with van der Waals surface area (Å²) >= 11 is 3.43. The smallest absolute Gasteiger partial charge is 0.174 e. The first-order valence-electron chi connectivity index (χ1n) is 8.02. The molecule has 1 N–H and O–H groups in total. The van der Waals surface area contributed by atoms with E-state index in [0.717, 1.165) is 15.6 Å². The van der Waals surface area contributed by atoms with E-state index in [2.05, 4.69) is 15.9 Å². The summed E-state index contributed by atoms with van der Waals surface area (Å²) in [6.07, 6.45) is 1.74. The van der Waals surface area contributed by atoms with Crippen molar-refractivity contribution in [3.8, 4) is 17.2 Å². The molecule has 4 nitrogen and oxygen atoms in total. The number of ether oxygens (including phenoxy) is 2. The van der Waals surface area contributed by atoms with E-state index in [9.17, 15) is 9.90 Å². The Labute approximate surface area is 155 Å². The number of hydrogen-bond donors (Lipinski definition) is 1. The highest BCUT2D eigenvalue weighted by molar-refractivity contribution is 9.10. The van der Waals surface area contributed by atoms with Crippen molar-refractivity contribution in [2.75, 3.05) is 6.61 Å². The van der Waals surface area contributed by atoms with E-state index in [1.54, 1.807) is 6.07 Å². The number of halogens is 1. The summed E-state index contributed by atoms with van der Waals surface area (Å²) in [7, 11) is 0. The van der Waals surface area contributed by atoms with Gasteiger partial charge in [0.05, 0.1) is 6.42 Å². The van der Waals surface area contributed by atoms with Gasteiger partial charge in [0.2, 0.25) is 0 Å². The van der Waals surface area contributed by atoms with E-state index < -0.39 is 0 Å². The minimum absolute atomic E-state index is 0.109. The topological polar surface area (TPSA) is 55.8 Å². The number of hydrogen-bond acceptors (Lipinski definition) is 4. The second kappa shape index (κ2) is 7.31. The van der Waals surface area contributed by atoms with Crippen LogP contribution in [0.2, 0.25) is 0 Å². The molecule has 130 valence electrons. The van der Waals surface area contributed by atoms with Crippen molar-refractivity contribution in [3.05, 3.63) is 63.6 Å². The maximum absolute atomic E-state index is 12.5. The van der Waals surface area contributed by atoms with Crippen LogP contribution in [0.5, 0.6) is 17.2 Å². The van der Waals surface area contributed by atoms with Gasteiger partial charge in [-0.1, -0.05) is 33.6 Å². The fraction of sp³-hybridized carbons (Fsp3) is 0.250. The summed E-state index contributed by atoms with van der Waals surface area (Å²) in [5.41, 5.74) is 2.27. The van der Waals surface area contributed by atoms with Crippen molar-refractivity contribution in [1.82, 2.24) is 0 Å². The highest BCUT2D eigenvalue weighted by Crippen LogP contribution is 2.42. The molecule has 25 heavy (non-hydrogen) atoms. The Morgan fingerprint density at radius 3 is 2.88 bits per heavy atom. The summed E-state index contributed by atoms with van der Waals surface area (Å²) in [5, 5.41) is 10.2. The predicted octanol–water partition coefficient (Wildman–Crippen LogP) is 5.21. The molecule has 0 saturated carbocycles. The molecule has 1 atom stereocenters. The van der Waals surface area contributed by atoms with Gasteiger partial charge in [0.1, 0.15) is 35.5 Å². The third-order valence-electron chi connectivity index (χ3n) is 3.94. The van der Waals surface area contributed by atoms with Gasteiger partial charge < -0.3 is 14.6 Å². The maximum atomic E-state index is 12.5. The molecule has 1 heterocycles. The molecule has 0 bridgehead atoms. The molecule has 0 aromatic heterocycles. The molecule has 1 unspecified atom stereocenters. The van der Waals surface area contributed by atoms with Crippen LogP contribution in [0.4, 0.5) is 0 Å². The van der Waals surface area contributed by atoms with Crippen molar-refractivity contribution in [2.45, 2.75) is 26.4 Å². The first kappa shape index (κ1) is 17.5. The van der Waals surface area contributed by atoms with Crippen LogP contribution < -0.4 is 9.47 Å². The number of phenolic OH excluding ortho intramolecular Hbond substituents is 1. The largest absolute Gasteiger partial charge is 0.507 e. The van der Waals surface area contributed by atoms with Crippen molar-refractivity contribution >= 4 is 21.7 Å². The lowest BCUT2D eigenvalue weighted by atomic mass is 9.95. The second-order valence-electron chi connectivity index (χ2n) is 6.20. The summed E-state index contributed by atoms with van der Waals surface area (Å²) in [5.74, 6) is 0.576. The van der Waals surface area contributed by atoms with Crippen LogP contribution in [0, 0.1) is 0 Å².